The van der Waals surface area contributed by atoms with E-state index in [-0.39, 0.29) is 12.1 Å². The van der Waals surface area contributed by atoms with Crippen LogP contribution >= 0.6 is 0 Å². The molecular weight excluding hydrogens is 620 g/mol. The topological polar surface area (TPSA) is 71.1 Å². The molecule has 0 saturated heterocycles. The minimum Gasteiger partial charge on any atom is -0.493 e. The number of likely N-dealkylation sites (N-methyl/N-ethyl adjacent to an activating group) is 2. The van der Waals surface area contributed by atoms with Crippen molar-refractivity contribution in [2.75, 3.05) is 69.8 Å². The number of fused-ring (bicyclic) bond motifs is 3. The van der Waals surface area contributed by atoms with Crippen LogP contribution in [0.15, 0.2) is 48.5 Å². The fourth-order valence-corrected chi connectivity index (χ4v) is 8.03. The summed E-state index contributed by atoms with van der Waals surface area (Å²) in [7, 11) is 14.5. The molecule has 2 atom stereocenters. The van der Waals surface area contributed by atoms with Crippen LogP contribution < -0.4 is 33.2 Å². The van der Waals surface area contributed by atoms with Crippen LogP contribution in [0.1, 0.15) is 45.5 Å². The lowest BCUT2D eigenvalue weighted by Gasteiger charge is -2.41. The molecule has 0 fully saturated rings. The number of nitrogens with zero attached hydrogens (tertiary/aromatic N) is 2. The Kier molecular flexibility index (Phi) is 8.98. The van der Waals surface area contributed by atoms with Crippen LogP contribution in [0.4, 0.5) is 0 Å². The molecule has 2 heterocycles. The average Bonchev–Trinajstić information content (AvgIpc) is 3.13. The molecule has 9 heteroatoms. The Morgan fingerprint density at radius 1 is 0.633 bits per heavy atom. The molecule has 0 bridgehead atoms. The predicted octanol–water partition coefficient (Wildman–Crippen LogP) is 7.05. The van der Waals surface area contributed by atoms with Gasteiger partial charge in [0.05, 0.1) is 42.7 Å². The third-order valence-corrected chi connectivity index (χ3v) is 10.6. The summed E-state index contributed by atoms with van der Waals surface area (Å²) in [5.41, 5.74) is 9.47. The van der Waals surface area contributed by atoms with Crippen molar-refractivity contribution in [1.82, 2.24) is 9.80 Å². The lowest BCUT2D eigenvalue weighted by atomic mass is 9.76. The largest absolute Gasteiger partial charge is 0.493 e. The van der Waals surface area contributed by atoms with Crippen molar-refractivity contribution in [3.63, 3.8) is 0 Å². The van der Waals surface area contributed by atoms with Crippen LogP contribution in [0.25, 0.3) is 11.1 Å². The van der Waals surface area contributed by atoms with Gasteiger partial charge in [0.2, 0.25) is 5.75 Å². The number of hydrogen-bond donors (Lipinski definition) is 0. The second kappa shape index (κ2) is 13.4. The fourth-order valence-electron chi connectivity index (χ4n) is 8.03. The molecule has 3 aliphatic rings. The summed E-state index contributed by atoms with van der Waals surface area (Å²) in [6, 6.07) is 17.2. The smallest absolute Gasteiger partial charge is 0.204 e. The molecule has 0 unspecified atom stereocenters. The van der Waals surface area contributed by atoms with Gasteiger partial charge in [-0.05, 0) is 110 Å². The lowest BCUT2D eigenvalue weighted by molar-refractivity contribution is 0.225. The Morgan fingerprint density at radius 3 is 1.92 bits per heavy atom. The number of methoxy groups -OCH3 is 6. The Labute approximate surface area is 289 Å². The van der Waals surface area contributed by atoms with Gasteiger partial charge in [0.15, 0.2) is 34.5 Å². The van der Waals surface area contributed by atoms with Crippen molar-refractivity contribution in [1.29, 1.82) is 0 Å². The fraction of sp³-hybridized carbons (Fsp3) is 0.400. The van der Waals surface area contributed by atoms with Gasteiger partial charge < -0.3 is 33.2 Å². The molecule has 0 aromatic heterocycles. The second-order valence-electron chi connectivity index (χ2n) is 13.1. The number of rotatable bonds is 10. The van der Waals surface area contributed by atoms with Crippen LogP contribution in [-0.2, 0) is 25.7 Å². The van der Waals surface area contributed by atoms with E-state index in [0.717, 1.165) is 84.2 Å². The monoisotopic (exact) mass is 666 g/mol. The molecule has 1 aliphatic carbocycles. The van der Waals surface area contributed by atoms with Crippen molar-refractivity contribution in [3.8, 4) is 57.1 Å². The zero-order chi connectivity index (χ0) is 34.4. The Morgan fingerprint density at radius 2 is 1.24 bits per heavy atom. The third kappa shape index (κ3) is 5.59. The molecule has 258 valence electrons. The van der Waals surface area contributed by atoms with Gasteiger partial charge >= 0.3 is 0 Å². The van der Waals surface area contributed by atoms with Gasteiger partial charge in [-0.3, -0.25) is 9.80 Å². The van der Waals surface area contributed by atoms with Gasteiger partial charge in [-0.15, -0.1) is 0 Å². The van der Waals surface area contributed by atoms with Crippen molar-refractivity contribution in [2.45, 2.75) is 37.8 Å². The molecule has 4 aromatic rings. The minimum absolute atomic E-state index is 0.155. The highest BCUT2D eigenvalue weighted by Crippen LogP contribution is 2.57. The molecule has 2 aliphatic heterocycles. The van der Waals surface area contributed by atoms with Gasteiger partial charge in [-0.25, -0.2) is 0 Å². The van der Waals surface area contributed by atoms with E-state index in [1.54, 1.807) is 42.7 Å². The van der Waals surface area contributed by atoms with E-state index < -0.39 is 0 Å². The Balaban J connectivity index is 1.26. The normalized spacial score (nSPS) is 18.1. The molecule has 0 amide bonds. The molecule has 7 rings (SSSR count). The first-order chi connectivity index (χ1) is 23.8. The summed E-state index contributed by atoms with van der Waals surface area (Å²) in [5.74, 6) is 5.52. The maximum absolute atomic E-state index is 6.80. The van der Waals surface area contributed by atoms with E-state index in [1.165, 1.54) is 27.8 Å². The Hall–Kier alpha value is -4.60. The molecule has 0 N–H and O–H groups in total. The van der Waals surface area contributed by atoms with E-state index in [4.69, 9.17) is 33.2 Å². The van der Waals surface area contributed by atoms with Crippen LogP contribution in [-0.4, -0.2) is 79.6 Å². The van der Waals surface area contributed by atoms with Crippen LogP contribution in [0.2, 0.25) is 0 Å². The lowest BCUT2D eigenvalue weighted by Crippen LogP contribution is -2.36. The summed E-state index contributed by atoms with van der Waals surface area (Å²) in [5, 5.41) is 0. The van der Waals surface area contributed by atoms with E-state index in [0.29, 0.717) is 17.2 Å². The SMILES string of the molecule is COc1cc2c(cc1OC)[C@H](Cc1ccc(Oc3c4c(cc(OC)c3OC)-c3c(OC)c(OC)cc5c3[C@H](C4)N(C)CC5)cc1)N(C)CC2. The van der Waals surface area contributed by atoms with Crippen molar-refractivity contribution in [2.24, 2.45) is 0 Å². The van der Waals surface area contributed by atoms with Crippen LogP contribution in [0, 0.1) is 0 Å². The first kappa shape index (κ1) is 32.9. The highest BCUT2D eigenvalue weighted by molar-refractivity contribution is 5.87. The highest BCUT2D eigenvalue weighted by atomic mass is 16.5. The summed E-state index contributed by atoms with van der Waals surface area (Å²) in [6.07, 6.45) is 3.53. The summed E-state index contributed by atoms with van der Waals surface area (Å²) in [4.78, 5) is 4.84. The van der Waals surface area contributed by atoms with Gasteiger partial charge in [-0.1, -0.05) is 12.1 Å². The van der Waals surface area contributed by atoms with Crippen molar-refractivity contribution < 1.29 is 33.2 Å². The minimum atomic E-state index is 0.155. The standard InChI is InChI=1S/C40H46N2O7/c1-41-15-13-24-18-32(43-3)33(44-4)21-27(24)30(41)17-23-9-11-26(12-10-23)49-38-29-20-31-36-25(14-16-42(31)2)19-34(45-5)39(47-7)37(36)28(29)22-35(46-6)40(38)48-8/h9-12,18-19,21-22,30-31H,13-17,20H2,1-8H3/t30-,31-/m0/s1. The van der Waals surface area contributed by atoms with E-state index in [1.807, 2.05) is 12.1 Å². The molecule has 4 aromatic carbocycles. The molecule has 9 nitrogen and oxygen atoms in total. The Bertz CT molecular complexity index is 1870. The van der Waals surface area contributed by atoms with Gasteiger partial charge in [0.25, 0.3) is 0 Å². The quantitative estimate of drug-likeness (QED) is 0.177. The molecule has 0 saturated carbocycles. The maximum atomic E-state index is 6.80. The maximum Gasteiger partial charge on any atom is 0.204 e. The summed E-state index contributed by atoms with van der Waals surface area (Å²) >= 11 is 0. The zero-order valence-corrected chi connectivity index (χ0v) is 29.8. The molecule has 0 spiro atoms. The zero-order valence-electron chi connectivity index (χ0n) is 29.8. The van der Waals surface area contributed by atoms with E-state index in [9.17, 15) is 0 Å². The van der Waals surface area contributed by atoms with Gasteiger partial charge in [0.1, 0.15) is 5.75 Å². The number of hydrogen-bond acceptors (Lipinski definition) is 9. The summed E-state index contributed by atoms with van der Waals surface area (Å²) < 4.78 is 41.8. The van der Waals surface area contributed by atoms with Gasteiger partial charge in [0, 0.05) is 36.3 Å². The van der Waals surface area contributed by atoms with Crippen molar-refractivity contribution >= 4 is 0 Å². The van der Waals surface area contributed by atoms with E-state index in [2.05, 4.69) is 60.3 Å². The van der Waals surface area contributed by atoms with Crippen LogP contribution in [0.3, 0.4) is 0 Å². The number of benzene rings is 4. The average molecular weight is 667 g/mol. The number of ether oxygens (including phenoxy) is 7. The highest BCUT2D eigenvalue weighted by Gasteiger charge is 2.39. The summed E-state index contributed by atoms with van der Waals surface area (Å²) in [6.45, 7) is 1.93. The predicted molar refractivity (Wildman–Crippen MR) is 190 cm³/mol. The molecule has 49 heavy (non-hydrogen) atoms. The first-order valence-electron chi connectivity index (χ1n) is 16.8. The van der Waals surface area contributed by atoms with Crippen molar-refractivity contribution in [3.05, 3.63) is 81.9 Å². The third-order valence-electron chi connectivity index (χ3n) is 10.6. The van der Waals surface area contributed by atoms with Crippen LogP contribution in [0.5, 0.6) is 46.0 Å². The first-order valence-corrected chi connectivity index (χ1v) is 16.8. The molecule has 0 radical (unpaired) electrons. The van der Waals surface area contributed by atoms with Gasteiger partial charge in [-0.2, -0.15) is 0 Å². The second-order valence-corrected chi connectivity index (χ2v) is 13.1. The van der Waals surface area contributed by atoms with E-state index >= 15 is 0 Å². The molecular formula is C40H46N2O7.